The van der Waals surface area contributed by atoms with Gasteiger partial charge in [0.2, 0.25) is 5.78 Å². The first-order chi connectivity index (χ1) is 12.1. The average Bonchev–Trinajstić information content (AvgIpc) is 2.79. The summed E-state index contributed by atoms with van der Waals surface area (Å²) >= 11 is 0. The monoisotopic (exact) mass is 360 g/mol. The Kier molecular flexibility index (Phi) is 5.49. The van der Waals surface area contributed by atoms with Gasteiger partial charge in [-0.05, 0) is 56.9 Å². The van der Waals surface area contributed by atoms with E-state index < -0.39 is 36.6 Å². The van der Waals surface area contributed by atoms with Gasteiger partial charge in [0.25, 0.3) is 5.91 Å². The van der Waals surface area contributed by atoms with Crippen molar-refractivity contribution in [2.75, 3.05) is 13.2 Å². The number of imide groups is 1. The van der Waals surface area contributed by atoms with Crippen molar-refractivity contribution in [1.82, 2.24) is 10.2 Å². The van der Waals surface area contributed by atoms with E-state index in [1.165, 1.54) is 0 Å². The maximum atomic E-state index is 12.3. The highest BCUT2D eigenvalue weighted by Crippen LogP contribution is 2.20. The van der Waals surface area contributed by atoms with Crippen molar-refractivity contribution in [2.45, 2.75) is 46.6 Å². The van der Waals surface area contributed by atoms with Crippen LogP contribution >= 0.6 is 0 Å². The lowest BCUT2D eigenvalue weighted by Gasteiger charge is -2.18. The maximum absolute atomic E-state index is 12.3. The van der Waals surface area contributed by atoms with Gasteiger partial charge in [0, 0.05) is 5.56 Å². The Bertz CT molecular complexity index is 786. The van der Waals surface area contributed by atoms with E-state index in [1.54, 1.807) is 19.9 Å². The van der Waals surface area contributed by atoms with Crippen LogP contribution in [0.1, 0.15) is 47.3 Å². The first-order valence-electron chi connectivity index (χ1n) is 8.50. The molecule has 1 heterocycles. The van der Waals surface area contributed by atoms with Crippen molar-refractivity contribution < 1.29 is 23.9 Å². The summed E-state index contributed by atoms with van der Waals surface area (Å²) in [6.07, 6.45) is 0.410. The second-order valence-corrected chi connectivity index (χ2v) is 6.84. The number of nitrogens with zero attached hydrogens (tertiary/aromatic N) is 1. The molecule has 26 heavy (non-hydrogen) atoms. The highest BCUT2D eigenvalue weighted by atomic mass is 16.5. The Morgan fingerprint density at radius 1 is 1.12 bits per heavy atom. The summed E-state index contributed by atoms with van der Waals surface area (Å²) in [7, 11) is 0. The lowest BCUT2D eigenvalue weighted by molar-refractivity contribution is -0.146. The summed E-state index contributed by atoms with van der Waals surface area (Å²) < 4.78 is 4.98. The number of carbonyl (C=O) groups is 4. The lowest BCUT2D eigenvalue weighted by atomic mass is 9.98. The van der Waals surface area contributed by atoms with E-state index in [0.29, 0.717) is 12.0 Å². The van der Waals surface area contributed by atoms with Crippen molar-refractivity contribution in [3.8, 4) is 0 Å². The molecular formula is C19H24N2O5. The Morgan fingerprint density at radius 3 is 2.31 bits per heavy atom. The molecule has 1 aromatic rings. The molecule has 0 spiro atoms. The summed E-state index contributed by atoms with van der Waals surface area (Å²) in [5.41, 5.74) is 2.34. The minimum absolute atomic E-state index is 0.324. The molecule has 0 aliphatic carbocycles. The maximum Gasteiger partial charge on any atom is 0.326 e. The van der Waals surface area contributed by atoms with Crippen molar-refractivity contribution in [3.63, 3.8) is 0 Å². The third-order valence-corrected chi connectivity index (χ3v) is 4.84. The number of ether oxygens (including phenoxy) is 1. The molecule has 1 aliphatic rings. The van der Waals surface area contributed by atoms with Gasteiger partial charge in [0.15, 0.2) is 6.61 Å². The highest BCUT2D eigenvalue weighted by molar-refractivity contribution is 6.08. The van der Waals surface area contributed by atoms with Crippen LogP contribution in [-0.2, 0) is 14.3 Å². The summed E-state index contributed by atoms with van der Waals surface area (Å²) in [5.74, 6) is -1.60. The summed E-state index contributed by atoms with van der Waals surface area (Å²) in [6.45, 7) is 8.10. The van der Waals surface area contributed by atoms with Crippen LogP contribution in [0.4, 0.5) is 4.79 Å². The molecule has 1 saturated heterocycles. The molecule has 140 valence electrons. The van der Waals surface area contributed by atoms with Crippen LogP contribution in [0.15, 0.2) is 12.1 Å². The molecule has 3 amide bonds. The van der Waals surface area contributed by atoms with Crippen molar-refractivity contribution in [2.24, 2.45) is 0 Å². The number of nitrogens with one attached hydrogen (secondary N) is 1. The number of rotatable bonds is 6. The number of carbonyl (C=O) groups excluding carboxylic acids is 4. The van der Waals surface area contributed by atoms with Gasteiger partial charge >= 0.3 is 12.0 Å². The molecule has 1 atom stereocenters. The molecular weight excluding hydrogens is 336 g/mol. The summed E-state index contributed by atoms with van der Waals surface area (Å²) in [5, 5.41) is 2.56. The fourth-order valence-electron chi connectivity index (χ4n) is 2.79. The molecule has 0 saturated carbocycles. The van der Waals surface area contributed by atoms with Crippen molar-refractivity contribution in [3.05, 3.63) is 34.4 Å². The number of amides is 3. The Hall–Kier alpha value is -2.70. The van der Waals surface area contributed by atoms with Gasteiger partial charge < -0.3 is 10.1 Å². The second-order valence-electron chi connectivity index (χ2n) is 6.84. The van der Waals surface area contributed by atoms with E-state index in [4.69, 9.17) is 4.74 Å². The largest absolute Gasteiger partial charge is 0.456 e. The summed E-state index contributed by atoms with van der Waals surface area (Å²) in [6, 6.07) is 3.04. The zero-order valence-electron chi connectivity index (χ0n) is 15.8. The average molecular weight is 360 g/mol. The fraction of sp³-hybridized carbons (Fsp3) is 0.474. The van der Waals surface area contributed by atoms with Gasteiger partial charge in [-0.25, -0.2) is 4.79 Å². The van der Waals surface area contributed by atoms with E-state index >= 15 is 0 Å². The molecule has 7 heteroatoms. The number of hydrogen-bond donors (Lipinski definition) is 1. The topological polar surface area (TPSA) is 92.8 Å². The molecule has 0 radical (unpaired) electrons. The van der Waals surface area contributed by atoms with Gasteiger partial charge in [-0.3, -0.25) is 19.3 Å². The first-order valence-corrected chi connectivity index (χ1v) is 8.50. The molecule has 7 nitrogen and oxygen atoms in total. The predicted molar refractivity (Wildman–Crippen MR) is 94.9 cm³/mol. The van der Waals surface area contributed by atoms with E-state index in [9.17, 15) is 19.2 Å². The van der Waals surface area contributed by atoms with Crippen LogP contribution in [-0.4, -0.2) is 47.3 Å². The van der Waals surface area contributed by atoms with E-state index in [2.05, 4.69) is 5.32 Å². The fourth-order valence-corrected chi connectivity index (χ4v) is 2.79. The zero-order chi connectivity index (χ0) is 19.6. The van der Waals surface area contributed by atoms with E-state index in [1.807, 2.05) is 26.8 Å². The molecule has 1 aromatic carbocycles. The Balaban J connectivity index is 1.97. The minimum Gasteiger partial charge on any atom is -0.456 e. The smallest absolute Gasteiger partial charge is 0.326 e. The van der Waals surface area contributed by atoms with Crippen LogP contribution in [0.2, 0.25) is 0 Å². The molecule has 2 rings (SSSR count). The second kappa shape index (κ2) is 7.27. The number of aryl methyl sites for hydroxylation is 3. The van der Waals surface area contributed by atoms with Gasteiger partial charge in [0.05, 0.1) is 0 Å². The number of ketones is 1. The van der Waals surface area contributed by atoms with Crippen LogP contribution in [0.3, 0.4) is 0 Å². The van der Waals surface area contributed by atoms with Crippen LogP contribution in [0, 0.1) is 20.8 Å². The first kappa shape index (κ1) is 19.6. The Morgan fingerprint density at radius 2 is 1.73 bits per heavy atom. The number of Topliss-reactive ketones (excluding diaryl/α,β-unsaturated/α-hetero) is 1. The van der Waals surface area contributed by atoms with E-state index in [0.717, 1.165) is 21.6 Å². The van der Waals surface area contributed by atoms with Crippen molar-refractivity contribution >= 4 is 23.7 Å². The third kappa shape index (κ3) is 3.76. The zero-order valence-corrected chi connectivity index (χ0v) is 15.8. The SMILES string of the molecule is CC[C@]1(C)NC(=O)N(CC(=O)OCC(=O)c2cc(C)c(C)cc2C)C1=O. The van der Waals surface area contributed by atoms with Crippen molar-refractivity contribution in [1.29, 1.82) is 0 Å². The Labute approximate surface area is 152 Å². The molecule has 0 bridgehead atoms. The standard InChI is InChI=1S/C19H24N2O5/c1-6-19(5)17(24)21(18(25)20-19)9-16(23)26-10-15(22)14-8-12(3)11(2)7-13(14)4/h7-8H,6,9-10H2,1-5H3,(H,20,25)/t19-/m0/s1. The van der Waals surface area contributed by atoms with Crippen LogP contribution in [0.5, 0.6) is 0 Å². The lowest BCUT2D eigenvalue weighted by Crippen LogP contribution is -2.43. The van der Waals surface area contributed by atoms with Gasteiger partial charge in [-0.2, -0.15) is 0 Å². The number of benzene rings is 1. The number of urea groups is 1. The predicted octanol–water partition coefficient (Wildman–Crippen LogP) is 2.06. The van der Waals surface area contributed by atoms with Crippen LogP contribution < -0.4 is 5.32 Å². The highest BCUT2D eigenvalue weighted by Gasteiger charge is 2.47. The van der Waals surface area contributed by atoms with E-state index in [-0.39, 0.29) is 5.78 Å². The third-order valence-electron chi connectivity index (χ3n) is 4.84. The van der Waals surface area contributed by atoms with Crippen LogP contribution in [0.25, 0.3) is 0 Å². The molecule has 0 aromatic heterocycles. The number of esters is 1. The molecule has 0 unspecified atom stereocenters. The molecule has 1 aliphatic heterocycles. The number of hydrogen-bond acceptors (Lipinski definition) is 5. The summed E-state index contributed by atoms with van der Waals surface area (Å²) in [4.78, 5) is 49.2. The normalized spacial score (nSPS) is 19.5. The molecule has 1 N–H and O–H groups in total. The molecule has 1 fully saturated rings. The minimum atomic E-state index is -1.01. The quantitative estimate of drug-likeness (QED) is 0.476. The van der Waals surface area contributed by atoms with Gasteiger partial charge in [-0.1, -0.05) is 13.0 Å². The van der Waals surface area contributed by atoms with Gasteiger partial charge in [0.1, 0.15) is 12.1 Å². The van der Waals surface area contributed by atoms with Gasteiger partial charge in [-0.15, -0.1) is 0 Å².